The Hall–Kier alpha value is -1.32. The van der Waals surface area contributed by atoms with Crippen LogP contribution in [0.1, 0.15) is 71.6 Å². The lowest BCUT2D eigenvalue weighted by Gasteiger charge is -2.25. The quantitative estimate of drug-likeness (QED) is 0.343. The number of hydrogen-bond donors (Lipinski definition) is 1. The maximum atomic E-state index is 12.0. The zero-order chi connectivity index (χ0) is 17.1. The summed E-state index contributed by atoms with van der Waals surface area (Å²) >= 11 is 0. The zero-order valence-electron chi connectivity index (χ0n) is 14.6. The second-order valence-corrected chi connectivity index (χ2v) is 6.71. The molecule has 0 aromatic rings. The van der Waals surface area contributed by atoms with Gasteiger partial charge in [0.05, 0.1) is 18.4 Å². The monoisotopic (exact) mass is 324 g/mol. The number of unbranched alkanes of at least 4 members (excludes halogenated alkanes) is 7. The molecule has 0 heterocycles. The Morgan fingerprint density at radius 2 is 1.65 bits per heavy atom. The standard InChI is InChI=1S/C19H32O4/c1-3-4-5-6-7-8-9-10-13-23-19(22)16-11-12-17(18(20)21)15(2)14-16/h11-12,15-17H,3-10,13-14H2,1-2H3,(H,20,21). The molecule has 3 atom stereocenters. The summed E-state index contributed by atoms with van der Waals surface area (Å²) in [5, 5.41) is 9.06. The second kappa shape index (κ2) is 11.3. The minimum Gasteiger partial charge on any atom is -0.481 e. The average molecular weight is 324 g/mol. The fourth-order valence-electron chi connectivity index (χ4n) is 3.09. The van der Waals surface area contributed by atoms with Crippen molar-refractivity contribution in [3.05, 3.63) is 12.2 Å². The molecule has 0 amide bonds. The van der Waals surface area contributed by atoms with Crippen LogP contribution in [0.4, 0.5) is 0 Å². The maximum Gasteiger partial charge on any atom is 0.312 e. The van der Waals surface area contributed by atoms with Crippen LogP contribution in [0.25, 0.3) is 0 Å². The number of rotatable bonds is 11. The van der Waals surface area contributed by atoms with Gasteiger partial charge in [-0.25, -0.2) is 0 Å². The van der Waals surface area contributed by atoms with Gasteiger partial charge >= 0.3 is 11.9 Å². The van der Waals surface area contributed by atoms with Gasteiger partial charge in [0.15, 0.2) is 0 Å². The number of esters is 1. The number of carboxylic acid groups (broad SMARTS) is 1. The second-order valence-electron chi connectivity index (χ2n) is 6.71. The summed E-state index contributed by atoms with van der Waals surface area (Å²) in [7, 11) is 0. The van der Waals surface area contributed by atoms with Crippen molar-refractivity contribution in [1.82, 2.24) is 0 Å². The van der Waals surface area contributed by atoms with Gasteiger partial charge in [-0.1, -0.05) is 70.9 Å². The van der Waals surface area contributed by atoms with E-state index in [1.54, 1.807) is 12.2 Å². The third-order valence-corrected chi connectivity index (χ3v) is 4.62. The molecule has 132 valence electrons. The zero-order valence-corrected chi connectivity index (χ0v) is 14.6. The highest BCUT2D eigenvalue weighted by Crippen LogP contribution is 2.29. The predicted octanol–water partition coefficient (Wildman–Crippen LogP) is 4.58. The summed E-state index contributed by atoms with van der Waals surface area (Å²) in [5.74, 6) is -1.82. The van der Waals surface area contributed by atoms with Gasteiger partial charge in [0.25, 0.3) is 0 Å². The van der Waals surface area contributed by atoms with E-state index >= 15 is 0 Å². The molecule has 0 saturated heterocycles. The smallest absolute Gasteiger partial charge is 0.312 e. The molecule has 1 aliphatic rings. The van der Waals surface area contributed by atoms with E-state index in [9.17, 15) is 9.59 Å². The van der Waals surface area contributed by atoms with Crippen molar-refractivity contribution < 1.29 is 19.4 Å². The van der Waals surface area contributed by atoms with Gasteiger partial charge < -0.3 is 9.84 Å². The first-order valence-corrected chi connectivity index (χ1v) is 9.14. The predicted molar refractivity (Wildman–Crippen MR) is 91.1 cm³/mol. The summed E-state index contributed by atoms with van der Waals surface area (Å²) in [5.41, 5.74) is 0. The molecule has 4 heteroatoms. The summed E-state index contributed by atoms with van der Waals surface area (Å²) in [6.45, 7) is 4.58. The van der Waals surface area contributed by atoms with Gasteiger partial charge in [-0.3, -0.25) is 9.59 Å². The average Bonchev–Trinajstić information content (AvgIpc) is 2.52. The molecule has 1 aliphatic carbocycles. The fraction of sp³-hybridized carbons (Fsp3) is 0.789. The van der Waals surface area contributed by atoms with E-state index in [-0.39, 0.29) is 17.8 Å². The molecule has 3 unspecified atom stereocenters. The van der Waals surface area contributed by atoms with Crippen LogP contribution in [-0.4, -0.2) is 23.7 Å². The molecule has 0 aromatic heterocycles. The van der Waals surface area contributed by atoms with Crippen molar-refractivity contribution in [1.29, 1.82) is 0 Å². The van der Waals surface area contributed by atoms with Crippen LogP contribution in [0.15, 0.2) is 12.2 Å². The first-order chi connectivity index (χ1) is 11.1. The van der Waals surface area contributed by atoms with Crippen molar-refractivity contribution in [2.24, 2.45) is 17.8 Å². The molecule has 4 nitrogen and oxygen atoms in total. The van der Waals surface area contributed by atoms with Crippen molar-refractivity contribution >= 4 is 11.9 Å². The summed E-state index contributed by atoms with van der Waals surface area (Å²) in [4.78, 5) is 23.0. The minimum absolute atomic E-state index is 0.0295. The third-order valence-electron chi connectivity index (χ3n) is 4.62. The topological polar surface area (TPSA) is 63.6 Å². The number of carbonyl (C=O) groups excluding carboxylic acids is 1. The molecular weight excluding hydrogens is 292 g/mol. The number of aliphatic carboxylic acids is 1. The van der Waals surface area contributed by atoms with Gasteiger partial charge in [-0.15, -0.1) is 0 Å². The maximum absolute atomic E-state index is 12.0. The van der Waals surface area contributed by atoms with Crippen LogP contribution in [-0.2, 0) is 14.3 Å². The molecule has 0 aromatic carbocycles. The van der Waals surface area contributed by atoms with E-state index < -0.39 is 11.9 Å². The Bertz CT molecular complexity index is 389. The van der Waals surface area contributed by atoms with Gasteiger partial charge in [0.1, 0.15) is 0 Å². The number of hydrogen-bond acceptors (Lipinski definition) is 3. The SMILES string of the molecule is CCCCCCCCCCOC(=O)C1C=CC(C(=O)O)C(C)C1. The molecule has 23 heavy (non-hydrogen) atoms. The highest BCUT2D eigenvalue weighted by molar-refractivity contribution is 5.77. The third kappa shape index (κ3) is 7.67. The molecule has 1 rings (SSSR count). The molecule has 1 N–H and O–H groups in total. The summed E-state index contributed by atoms with van der Waals surface area (Å²) < 4.78 is 5.33. The molecule has 0 radical (unpaired) electrons. The van der Waals surface area contributed by atoms with Crippen LogP contribution in [0.2, 0.25) is 0 Å². The lowest BCUT2D eigenvalue weighted by atomic mass is 9.80. The Kier molecular flexibility index (Phi) is 9.65. The number of ether oxygens (including phenoxy) is 1. The van der Waals surface area contributed by atoms with Gasteiger partial charge in [-0.05, 0) is 18.8 Å². The Balaban J connectivity index is 2.11. The highest BCUT2D eigenvalue weighted by atomic mass is 16.5. The van der Waals surface area contributed by atoms with Crippen molar-refractivity contribution in [2.45, 2.75) is 71.6 Å². The Labute approximate surface area is 140 Å². The van der Waals surface area contributed by atoms with Crippen LogP contribution in [0, 0.1) is 17.8 Å². The number of carbonyl (C=O) groups is 2. The molecule has 0 fully saturated rings. The minimum atomic E-state index is -0.820. The van der Waals surface area contributed by atoms with Crippen molar-refractivity contribution in [2.75, 3.05) is 6.61 Å². The van der Waals surface area contributed by atoms with E-state index in [0.717, 1.165) is 12.8 Å². The van der Waals surface area contributed by atoms with E-state index in [1.165, 1.54) is 38.5 Å². The lowest BCUT2D eigenvalue weighted by molar-refractivity contribution is -0.149. The van der Waals surface area contributed by atoms with Crippen LogP contribution < -0.4 is 0 Å². The fourth-order valence-corrected chi connectivity index (χ4v) is 3.09. The molecule has 0 bridgehead atoms. The lowest BCUT2D eigenvalue weighted by Crippen LogP contribution is -2.29. The largest absolute Gasteiger partial charge is 0.481 e. The molecule has 0 spiro atoms. The molecule has 0 aliphatic heterocycles. The normalized spacial score (nSPS) is 23.7. The molecule has 0 saturated carbocycles. The first-order valence-electron chi connectivity index (χ1n) is 9.14. The van der Waals surface area contributed by atoms with Crippen LogP contribution >= 0.6 is 0 Å². The summed E-state index contributed by atoms with van der Waals surface area (Å²) in [6, 6.07) is 0. The first kappa shape index (κ1) is 19.7. The Morgan fingerprint density at radius 1 is 1.04 bits per heavy atom. The Morgan fingerprint density at radius 3 is 2.22 bits per heavy atom. The van der Waals surface area contributed by atoms with E-state index in [1.807, 2.05) is 6.92 Å². The number of carboxylic acids is 1. The van der Waals surface area contributed by atoms with Gasteiger partial charge in [0.2, 0.25) is 0 Å². The summed E-state index contributed by atoms with van der Waals surface area (Å²) in [6.07, 6.45) is 13.6. The van der Waals surface area contributed by atoms with E-state index in [2.05, 4.69) is 6.92 Å². The van der Waals surface area contributed by atoms with E-state index in [4.69, 9.17) is 9.84 Å². The van der Waals surface area contributed by atoms with Gasteiger partial charge in [-0.2, -0.15) is 0 Å². The van der Waals surface area contributed by atoms with Gasteiger partial charge in [0, 0.05) is 0 Å². The van der Waals surface area contributed by atoms with E-state index in [0.29, 0.717) is 13.0 Å². The van der Waals surface area contributed by atoms with Crippen molar-refractivity contribution in [3.8, 4) is 0 Å². The van der Waals surface area contributed by atoms with Crippen LogP contribution in [0.5, 0.6) is 0 Å². The van der Waals surface area contributed by atoms with Crippen LogP contribution in [0.3, 0.4) is 0 Å². The molecular formula is C19H32O4. The van der Waals surface area contributed by atoms with Crippen molar-refractivity contribution in [3.63, 3.8) is 0 Å². The highest BCUT2D eigenvalue weighted by Gasteiger charge is 2.31.